The number of nitrogen functional groups attached to an aromatic ring is 1. The van der Waals surface area contributed by atoms with E-state index in [1.54, 1.807) is 84.9 Å². The Morgan fingerprint density at radius 2 is 1.67 bits per heavy atom. The zero-order valence-electron chi connectivity index (χ0n) is 21.7. The van der Waals surface area contributed by atoms with E-state index in [2.05, 4.69) is 10.6 Å². The highest BCUT2D eigenvalue weighted by atomic mass is 16.6. The third-order valence-corrected chi connectivity index (χ3v) is 5.85. The zero-order chi connectivity index (χ0) is 28.0. The van der Waals surface area contributed by atoms with E-state index in [4.69, 9.17) is 20.3 Å². The lowest BCUT2D eigenvalue weighted by atomic mass is 9.93. The standard InChI is InChI=1S/C30H33N3O6/c1-21(9-5-8-14-27(35)32-26-13-7-6-12-25(26)31)28(22-15-17-24(18-16-22)38-20-19-34)39-30(37)33-29(36)23-10-3-2-4-11-23/h2-4,6-8,10-18,21,28,34H,5,9,19-20,31H2,1H3,(H,32,35)(H,33,36,37)/b14-8+/t21-,28+/m0/s1. The minimum atomic E-state index is -0.864. The van der Waals surface area contributed by atoms with Gasteiger partial charge in [-0.15, -0.1) is 0 Å². The first kappa shape index (κ1) is 28.9. The first-order valence-electron chi connectivity index (χ1n) is 12.6. The number of imide groups is 1. The molecule has 0 saturated heterocycles. The number of aliphatic hydroxyl groups excluding tert-OH is 1. The van der Waals surface area contributed by atoms with E-state index in [0.29, 0.717) is 41.1 Å². The predicted molar refractivity (Wildman–Crippen MR) is 149 cm³/mol. The average molecular weight is 532 g/mol. The van der Waals surface area contributed by atoms with E-state index in [1.807, 2.05) is 6.92 Å². The SMILES string of the molecule is C[C@@H](CC/C=C/C(=O)Nc1ccccc1N)[C@@H](OC(=O)NC(=O)c1ccccc1)c1ccc(OCCO)cc1. The van der Waals surface area contributed by atoms with Gasteiger partial charge >= 0.3 is 6.09 Å². The molecule has 3 aromatic rings. The summed E-state index contributed by atoms with van der Waals surface area (Å²) in [6.07, 6.45) is 2.77. The number of para-hydroxylation sites is 2. The van der Waals surface area contributed by atoms with Crippen LogP contribution in [-0.2, 0) is 9.53 Å². The van der Waals surface area contributed by atoms with Crippen molar-refractivity contribution in [3.63, 3.8) is 0 Å². The Bertz CT molecular complexity index is 1260. The molecule has 0 aromatic heterocycles. The van der Waals surface area contributed by atoms with E-state index in [9.17, 15) is 14.4 Å². The molecule has 0 unspecified atom stereocenters. The Hall–Kier alpha value is -4.63. The fourth-order valence-corrected chi connectivity index (χ4v) is 3.82. The molecule has 3 rings (SSSR count). The van der Waals surface area contributed by atoms with Gasteiger partial charge < -0.3 is 25.6 Å². The lowest BCUT2D eigenvalue weighted by Gasteiger charge is -2.24. The van der Waals surface area contributed by atoms with Crippen LogP contribution in [0, 0.1) is 5.92 Å². The van der Waals surface area contributed by atoms with Crippen LogP contribution in [-0.4, -0.2) is 36.2 Å². The normalized spacial score (nSPS) is 12.4. The highest BCUT2D eigenvalue weighted by Gasteiger charge is 2.24. The first-order valence-corrected chi connectivity index (χ1v) is 12.6. The molecule has 0 radical (unpaired) electrons. The summed E-state index contributed by atoms with van der Waals surface area (Å²) in [7, 11) is 0. The number of benzene rings is 3. The maximum Gasteiger partial charge on any atom is 0.414 e. The number of alkyl carbamates (subject to hydrolysis) is 1. The molecule has 0 spiro atoms. The van der Waals surface area contributed by atoms with Crippen LogP contribution in [0.5, 0.6) is 5.75 Å². The molecule has 0 aliphatic heterocycles. The molecular weight excluding hydrogens is 498 g/mol. The van der Waals surface area contributed by atoms with Gasteiger partial charge in [0.15, 0.2) is 0 Å². The molecule has 39 heavy (non-hydrogen) atoms. The van der Waals surface area contributed by atoms with Gasteiger partial charge in [0.25, 0.3) is 5.91 Å². The van der Waals surface area contributed by atoms with Gasteiger partial charge in [0.05, 0.1) is 18.0 Å². The van der Waals surface area contributed by atoms with Crippen molar-refractivity contribution >= 4 is 29.3 Å². The van der Waals surface area contributed by atoms with E-state index in [-0.39, 0.29) is 25.0 Å². The summed E-state index contributed by atoms with van der Waals surface area (Å²) in [5.41, 5.74) is 7.93. The molecule has 9 heteroatoms. The lowest BCUT2D eigenvalue weighted by Crippen LogP contribution is -2.33. The quantitative estimate of drug-likeness (QED) is 0.193. The van der Waals surface area contributed by atoms with Crippen molar-refractivity contribution in [2.45, 2.75) is 25.9 Å². The van der Waals surface area contributed by atoms with Gasteiger partial charge in [-0.1, -0.05) is 55.5 Å². The molecule has 3 aromatic carbocycles. The van der Waals surface area contributed by atoms with Crippen LogP contribution >= 0.6 is 0 Å². The zero-order valence-corrected chi connectivity index (χ0v) is 21.7. The summed E-state index contributed by atoms with van der Waals surface area (Å²) in [6, 6.07) is 22.4. The van der Waals surface area contributed by atoms with Crippen LogP contribution in [0.15, 0.2) is 91.0 Å². The van der Waals surface area contributed by atoms with Gasteiger partial charge in [0.1, 0.15) is 18.5 Å². The highest BCUT2D eigenvalue weighted by Crippen LogP contribution is 2.31. The molecular formula is C30H33N3O6. The first-order chi connectivity index (χ1) is 18.9. The smallest absolute Gasteiger partial charge is 0.414 e. The summed E-state index contributed by atoms with van der Waals surface area (Å²) in [4.78, 5) is 37.3. The van der Waals surface area contributed by atoms with Crippen LogP contribution in [0.4, 0.5) is 16.2 Å². The number of nitrogens with one attached hydrogen (secondary N) is 2. The van der Waals surface area contributed by atoms with Crippen molar-refractivity contribution in [1.29, 1.82) is 0 Å². The molecule has 0 bridgehead atoms. The maximum absolute atomic E-state index is 12.7. The number of hydrogen-bond acceptors (Lipinski definition) is 7. The number of carbonyl (C=O) groups excluding carboxylic acids is 3. The fourth-order valence-electron chi connectivity index (χ4n) is 3.82. The molecule has 0 aliphatic carbocycles. The van der Waals surface area contributed by atoms with Gasteiger partial charge in [-0.25, -0.2) is 4.79 Å². The van der Waals surface area contributed by atoms with Crippen molar-refractivity contribution in [3.05, 3.63) is 102 Å². The number of rotatable bonds is 12. The van der Waals surface area contributed by atoms with Crippen molar-refractivity contribution in [3.8, 4) is 5.75 Å². The topological polar surface area (TPSA) is 140 Å². The summed E-state index contributed by atoms with van der Waals surface area (Å²) in [5, 5.41) is 14.0. The fraction of sp³-hybridized carbons (Fsp3) is 0.233. The summed E-state index contributed by atoms with van der Waals surface area (Å²) in [5.74, 6) is -0.460. The van der Waals surface area contributed by atoms with E-state index >= 15 is 0 Å². The lowest BCUT2D eigenvalue weighted by molar-refractivity contribution is -0.111. The van der Waals surface area contributed by atoms with Gasteiger partial charge in [-0.05, 0) is 66.8 Å². The molecule has 3 amide bonds. The van der Waals surface area contributed by atoms with Gasteiger partial charge in [0.2, 0.25) is 5.91 Å². The third-order valence-electron chi connectivity index (χ3n) is 5.85. The minimum absolute atomic E-state index is 0.107. The number of ether oxygens (including phenoxy) is 2. The van der Waals surface area contributed by atoms with E-state index in [0.717, 1.165) is 0 Å². The summed E-state index contributed by atoms with van der Waals surface area (Å²) < 4.78 is 11.1. The number of nitrogens with two attached hydrogens (primary N) is 1. The summed E-state index contributed by atoms with van der Waals surface area (Å²) >= 11 is 0. The number of allylic oxidation sites excluding steroid dienone is 1. The minimum Gasteiger partial charge on any atom is -0.491 e. The second kappa shape index (κ2) is 14.9. The Kier molecular flexibility index (Phi) is 11.1. The highest BCUT2D eigenvalue weighted by molar-refractivity contribution is 6.03. The van der Waals surface area contributed by atoms with Crippen molar-refractivity contribution in [2.75, 3.05) is 24.3 Å². The molecule has 9 nitrogen and oxygen atoms in total. The molecule has 5 N–H and O–H groups in total. The van der Waals surface area contributed by atoms with E-state index < -0.39 is 18.1 Å². The van der Waals surface area contributed by atoms with Crippen LogP contribution in [0.3, 0.4) is 0 Å². The average Bonchev–Trinajstić information content (AvgIpc) is 2.95. The Labute approximate surface area is 227 Å². The molecule has 204 valence electrons. The van der Waals surface area contributed by atoms with E-state index in [1.165, 1.54) is 6.08 Å². The van der Waals surface area contributed by atoms with Crippen LogP contribution in [0.1, 0.15) is 41.8 Å². The van der Waals surface area contributed by atoms with Crippen molar-refractivity contribution in [2.24, 2.45) is 5.92 Å². The largest absolute Gasteiger partial charge is 0.491 e. The Morgan fingerprint density at radius 1 is 0.974 bits per heavy atom. The number of carbonyl (C=O) groups is 3. The number of hydrogen-bond donors (Lipinski definition) is 4. The second-order valence-electron chi connectivity index (χ2n) is 8.82. The Balaban J connectivity index is 1.63. The van der Waals surface area contributed by atoms with Crippen molar-refractivity contribution < 1.29 is 29.0 Å². The number of aliphatic hydroxyl groups is 1. The molecule has 0 heterocycles. The second-order valence-corrected chi connectivity index (χ2v) is 8.82. The van der Waals surface area contributed by atoms with Gasteiger partial charge in [0, 0.05) is 5.56 Å². The molecule has 0 fully saturated rings. The van der Waals surface area contributed by atoms with Crippen LogP contribution in [0.25, 0.3) is 0 Å². The monoisotopic (exact) mass is 531 g/mol. The molecule has 0 aliphatic rings. The summed E-state index contributed by atoms with van der Waals surface area (Å²) in [6.45, 7) is 1.98. The van der Waals surface area contributed by atoms with Crippen LogP contribution < -0.4 is 21.1 Å². The number of anilines is 2. The Morgan fingerprint density at radius 3 is 2.36 bits per heavy atom. The molecule has 0 saturated carbocycles. The molecule has 2 atom stereocenters. The van der Waals surface area contributed by atoms with Gasteiger partial charge in [-0.3, -0.25) is 14.9 Å². The number of amides is 3. The van der Waals surface area contributed by atoms with Gasteiger partial charge in [-0.2, -0.15) is 0 Å². The maximum atomic E-state index is 12.7. The van der Waals surface area contributed by atoms with Crippen molar-refractivity contribution in [1.82, 2.24) is 5.32 Å². The van der Waals surface area contributed by atoms with Crippen LogP contribution in [0.2, 0.25) is 0 Å². The third kappa shape index (κ3) is 9.32. The predicted octanol–water partition coefficient (Wildman–Crippen LogP) is 4.86.